The minimum absolute atomic E-state index is 0.0152. The van der Waals surface area contributed by atoms with Crippen LogP contribution in [0.5, 0.6) is 0 Å². The molecule has 1 amide bonds. The molecule has 0 saturated carbocycles. The highest BCUT2D eigenvalue weighted by molar-refractivity contribution is 7.89. The van der Waals surface area contributed by atoms with E-state index < -0.39 is 10.0 Å². The van der Waals surface area contributed by atoms with Crippen molar-refractivity contribution in [1.82, 2.24) is 9.62 Å². The average molecular weight is 417 g/mol. The lowest BCUT2D eigenvalue weighted by Crippen LogP contribution is -2.48. The highest BCUT2D eigenvalue weighted by Crippen LogP contribution is 2.18. The van der Waals surface area contributed by atoms with Gasteiger partial charge in [0.2, 0.25) is 10.0 Å². The Hall–Kier alpha value is -2.22. The molecule has 0 spiro atoms. The van der Waals surface area contributed by atoms with E-state index in [-0.39, 0.29) is 24.7 Å². The van der Waals surface area contributed by atoms with E-state index in [2.05, 4.69) is 4.72 Å². The number of hydrogen-bond acceptors (Lipinski definition) is 4. The molecule has 1 N–H and O–H groups in total. The first kappa shape index (κ1) is 21.5. The van der Waals surface area contributed by atoms with Gasteiger partial charge in [-0.2, -0.15) is 0 Å². The number of sulfonamides is 1. The van der Waals surface area contributed by atoms with Gasteiger partial charge < -0.3 is 9.64 Å². The fourth-order valence-electron chi connectivity index (χ4n) is 3.54. The van der Waals surface area contributed by atoms with Gasteiger partial charge in [0.25, 0.3) is 5.91 Å². The Kier molecular flexibility index (Phi) is 6.41. The average Bonchev–Trinajstić information content (AvgIpc) is 2.67. The summed E-state index contributed by atoms with van der Waals surface area (Å²) in [7, 11) is -3.61. The lowest BCUT2D eigenvalue weighted by Gasteiger charge is -2.35. The summed E-state index contributed by atoms with van der Waals surface area (Å²) >= 11 is 0. The quantitative estimate of drug-likeness (QED) is 0.813. The van der Waals surface area contributed by atoms with Crippen LogP contribution in [0.3, 0.4) is 0 Å². The van der Waals surface area contributed by atoms with Gasteiger partial charge in [0.15, 0.2) is 0 Å². The second-order valence-electron chi connectivity index (χ2n) is 7.76. The lowest BCUT2D eigenvalue weighted by atomic mass is 10.1. The van der Waals surface area contributed by atoms with Crippen molar-refractivity contribution in [3.8, 4) is 0 Å². The molecule has 1 fully saturated rings. The molecule has 1 heterocycles. The van der Waals surface area contributed by atoms with Crippen molar-refractivity contribution in [2.75, 3.05) is 13.1 Å². The smallest absolute Gasteiger partial charge is 0.254 e. The van der Waals surface area contributed by atoms with Gasteiger partial charge in [-0.15, -0.1) is 0 Å². The molecule has 0 bridgehead atoms. The van der Waals surface area contributed by atoms with Crippen molar-refractivity contribution in [2.24, 2.45) is 0 Å². The minimum atomic E-state index is -3.61. The number of carbonyl (C=O) groups is 1. The van der Waals surface area contributed by atoms with Crippen LogP contribution in [0.2, 0.25) is 0 Å². The Labute approximate surface area is 172 Å². The van der Waals surface area contributed by atoms with Crippen LogP contribution in [0.1, 0.15) is 40.9 Å². The molecular weight excluding hydrogens is 388 g/mol. The van der Waals surface area contributed by atoms with Crippen LogP contribution in [0.4, 0.5) is 0 Å². The second kappa shape index (κ2) is 8.65. The number of nitrogens with one attached hydrogen (secondary N) is 1. The molecule has 1 aliphatic rings. The third kappa shape index (κ3) is 5.23. The first-order chi connectivity index (χ1) is 13.7. The van der Waals surface area contributed by atoms with Crippen molar-refractivity contribution < 1.29 is 17.9 Å². The van der Waals surface area contributed by atoms with Crippen LogP contribution in [0.25, 0.3) is 0 Å². The monoisotopic (exact) mass is 416 g/mol. The molecule has 6 nitrogen and oxygen atoms in total. The number of morpholine rings is 1. The molecule has 0 aliphatic carbocycles. The van der Waals surface area contributed by atoms with E-state index in [0.29, 0.717) is 29.1 Å². The van der Waals surface area contributed by atoms with Gasteiger partial charge in [0.05, 0.1) is 17.1 Å². The maximum Gasteiger partial charge on any atom is 0.254 e. The first-order valence-electron chi connectivity index (χ1n) is 9.76. The fraction of sp³-hybridized carbons (Fsp3) is 0.409. The number of benzene rings is 2. The molecule has 2 atom stereocenters. The summed E-state index contributed by atoms with van der Waals surface area (Å²) in [5, 5.41) is 0. The molecule has 0 radical (unpaired) electrons. The van der Waals surface area contributed by atoms with Crippen LogP contribution in [-0.4, -0.2) is 44.5 Å². The van der Waals surface area contributed by atoms with Gasteiger partial charge in [-0.25, -0.2) is 13.1 Å². The van der Waals surface area contributed by atoms with Gasteiger partial charge in [-0.3, -0.25) is 4.79 Å². The van der Waals surface area contributed by atoms with Gasteiger partial charge >= 0.3 is 0 Å². The van der Waals surface area contributed by atoms with Crippen molar-refractivity contribution >= 4 is 15.9 Å². The van der Waals surface area contributed by atoms with E-state index in [4.69, 9.17) is 4.74 Å². The molecule has 29 heavy (non-hydrogen) atoms. The molecular formula is C22H28N2O4S. The molecule has 2 aromatic carbocycles. The van der Waals surface area contributed by atoms with Crippen LogP contribution in [0, 0.1) is 13.8 Å². The minimum Gasteiger partial charge on any atom is -0.372 e. The zero-order valence-corrected chi connectivity index (χ0v) is 18.1. The van der Waals surface area contributed by atoms with Gasteiger partial charge in [0, 0.05) is 25.2 Å². The van der Waals surface area contributed by atoms with E-state index in [1.807, 2.05) is 26.8 Å². The SMILES string of the molecule is Cc1ccc(C)c(S(=O)(=O)NCc2ccc(C(=O)N3C[C@H](C)O[C@@H](C)C3)cc2)c1. The normalized spacial score (nSPS) is 19.9. The Morgan fingerprint density at radius 3 is 2.31 bits per heavy atom. The highest BCUT2D eigenvalue weighted by atomic mass is 32.2. The standard InChI is InChI=1S/C22H28N2O4S/c1-15-5-6-16(2)21(11-15)29(26,27)23-12-19-7-9-20(10-8-19)22(25)24-13-17(3)28-18(4)14-24/h5-11,17-18,23H,12-14H2,1-4H3/t17-,18-/m0/s1. The van der Waals surface area contributed by atoms with E-state index in [1.54, 1.807) is 48.2 Å². The number of carbonyl (C=O) groups excluding carboxylic acids is 1. The first-order valence-corrected chi connectivity index (χ1v) is 11.2. The van der Waals surface area contributed by atoms with E-state index >= 15 is 0 Å². The zero-order valence-electron chi connectivity index (χ0n) is 17.3. The fourth-order valence-corrected chi connectivity index (χ4v) is 4.89. The molecule has 0 unspecified atom stereocenters. The largest absolute Gasteiger partial charge is 0.372 e. The summed E-state index contributed by atoms with van der Waals surface area (Å²) in [6, 6.07) is 12.4. The Balaban J connectivity index is 1.66. The van der Waals surface area contributed by atoms with E-state index in [9.17, 15) is 13.2 Å². The molecule has 7 heteroatoms. The van der Waals surface area contributed by atoms with Gasteiger partial charge in [-0.1, -0.05) is 24.3 Å². The van der Waals surface area contributed by atoms with Gasteiger partial charge in [-0.05, 0) is 62.6 Å². The van der Waals surface area contributed by atoms with Crippen molar-refractivity contribution in [2.45, 2.75) is 51.3 Å². The third-order valence-corrected chi connectivity index (χ3v) is 6.55. The summed E-state index contributed by atoms with van der Waals surface area (Å²) in [6.45, 7) is 8.87. The number of amides is 1. The zero-order chi connectivity index (χ0) is 21.2. The Morgan fingerprint density at radius 2 is 1.69 bits per heavy atom. The third-order valence-electron chi connectivity index (χ3n) is 5.01. The highest BCUT2D eigenvalue weighted by Gasteiger charge is 2.26. The summed E-state index contributed by atoms with van der Waals surface area (Å²) in [6.07, 6.45) is 0.0305. The molecule has 0 aromatic heterocycles. The number of ether oxygens (including phenoxy) is 1. The number of nitrogens with zero attached hydrogens (tertiary/aromatic N) is 1. The topological polar surface area (TPSA) is 75.7 Å². The Morgan fingerprint density at radius 1 is 1.07 bits per heavy atom. The molecule has 3 rings (SSSR count). The van der Waals surface area contributed by atoms with Crippen LogP contribution in [0.15, 0.2) is 47.4 Å². The van der Waals surface area contributed by atoms with Crippen molar-refractivity contribution in [1.29, 1.82) is 0 Å². The summed E-state index contributed by atoms with van der Waals surface area (Å²) in [5.74, 6) is -0.0329. The second-order valence-corrected chi connectivity index (χ2v) is 9.49. The maximum absolute atomic E-state index is 12.7. The van der Waals surface area contributed by atoms with Crippen LogP contribution in [-0.2, 0) is 21.3 Å². The summed E-state index contributed by atoms with van der Waals surface area (Å²) in [4.78, 5) is 14.8. The summed E-state index contributed by atoms with van der Waals surface area (Å²) < 4.78 is 33.6. The molecule has 2 aromatic rings. The Bertz CT molecular complexity index is 976. The van der Waals surface area contributed by atoms with E-state index in [1.165, 1.54) is 0 Å². The van der Waals surface area contributed by atoms with Gasteiger partial charge in [0.1, 0.15) is 0 Å². The molecule has 1 aliphatic heterocycles. The predicted octanol–water partition coefficient (Wildman–Crippen LogP) is 3.03. The number of aryl methyl sites for hydroxylation is 2. The predicted molar refractivity (Wildman–Crippen MR) is 112 cm³/mol. The van der Waals surface area contributed by atoms with Crippen molar-refractivity contribution in [3.63, 3.8) is 0 Å². The summed E-state index contributed by atoms with van der Waals surface area (Å²) in [5.41, 5.74) is 2.98. The number of rotatable bonds is 5. The van der Waals surface area contributed by atoms with E-state index in [0.717, 1.165) is 11.1 Å². The molecule has 1 saturated heterocycles. The number of hydrogen-bond donors (Lipinski definition) is 1. The maximum atomic E-state index is 12.7. The van der Waals surface area contributed by atoms with Crippen LogP contribution >= 0.6 is 0 Å². The molecule has 156 valence electrons. The van der Waals surface area contributed by atoms with Crippen LogP contribution < -0.4 is 4.72 Å². The van der Waals surface area contributed by atoms with Crippen molar-refractivity contribution in [3.05, 3.63) is 64.7 Å². The lowest BCUT2D eigenvalue weighted by molar-refractivity contribution is -0.0586.